The van der Waals surface area contributed by atoms with Crippen molar-refractivity contribution in [3.63, 3.8) is 0 Å². The third-order valence-electron chi connectivity index (χ3n) is 4.02. The number of allylic oxidation sites excluding steroid dienone is 1. The van der Waals surface area contributed by atoms with Crippen molar-refractivity contribution in [3.05, 3.63) is 23.4 Å². The molecule has 2 amide bonds. The summed E-state index contributed by atoms with van der Waals surface area (Å²) >= 11 is 1.76. The van der Waals surface area contributed by atoms with Crippen molar-refractivity contribution in [1.82, 2.24) is 15.1 Å². The number of nitrogens with one attached hydrogen (secondary N) is 2. The van der Waals surface area contributed by atoms with Crippen molar-refractivity contribution in [2.75, 3.05) is 18.5 Å². The standard InChI is InChI=1S/C16H22N4O3S/c1-2-4-14(21)18-16-12-9-24-10-13(12)19-20(16)8-15(22)17-7-11-5-3-6-23-11/h2,4,11H,3,5-10H2,1H3,(H,17,22)(H,18,21)/b4-2-. The lowest BCUT2D eigenvalue weighted by Gasteiger charge is -2.12. The smallest absolute Gasteiger partial charge is 0.249 e. The lowest BCUT2D eigenvalue weighted by Crippen LogP contribution is -2.34. The highest BCUT2D eigenvalue weighted by atomic mass is 32.2. The molecule has 0 bridgehead atoms. The predicted octanol–water partition coefficient (Wildman–Crippen LogP) is 1.44. The molecule has 1 fully saturated rings. The minimum atomic E-state index is -0.210. The molecule has 1 aromatic rings. The zero-order chi connectivity index (χ0) is 16.9. The van der Waals surface area contributed by atoms with E-state index in [4.69, 9.17) is 4.74 Å². The highest BCUT2D eigenvalue weighted by Crippen LogP contribution is 2.34. The van der Waals surface area contributed by atoms with E-state index in [1.165, 1.54) is 6.08 Å². The molecule has 3 heterocycles. The van der Waals surface area contributed by atoms with Gasteiger partial charge in [-0.3, -0.25) is 9.59 Å². The molecule has 0 saturated carbocycles. The molecule has 7 nitrogen and oxygen atoms in total. The van der Waals surface area contributed by atoms with Gasteiger partial charge in [0.05, 0.1) is 11.8 Å². The van der Waals surface area contributed by atoms with E-state index in [9.17, 15) is 9.59 Å². The first-order valence-electron chi connectivity index (χ1n) is 8.15. The highest BCUT2D eigenvalue weighted by Gasteiger charge is 2.25. The summed E-state index contributed by atoms with van der Waals surface area (Å²) in [6, 6.07) is 0. The molecule has 0 aliphatic carbocycles. The zero-order valence-corrected chi connectivity index (χ0v) is 14.5. The van der Waals surface area contributed by atoms with Gasteiger partial charge in [0.1, 0.15) is 12.4 Å². The topological polar surface area (TPSA) is 85.2 Å². The number of thioether (sulfide) groups is 1. The molecule has 1 atom stereocenters. The van der Waals surface area contributed by atoms with Crippen molar-refractivity contribution in [3.8, 4) is 0 Å². The van der Waals surface area contributed by atoms with E-state index in [1.54, 1.807) is 29.4 Å². The van der Waals surface area contributed by atoms with Crippen LogP contribution in [-0.2, 0) is 32.4 Å². The molecule has 8 heteroatoms. The minimum Gasteiger partial charge on any atom is -0.376 e. The summed E-state index contributed by atoms with van der Waals surface area (Å²) in [5.41, 5.74) is 1.97. The second kappa shape index (κ2) is 7.85. The summed E-state index contributed by atoms with van der Waals surface area (Å²) in [5.74, 6) is 1.91. The van der Waals surface area contributed by atoms with Crippen LogP contribution in [0.1, 0.15) is 31.0 Å². The lowest BCUT2D eigenvalue weighted by molar-refractivity contribution is -0.122. The van der Waals surface area contributed by atoms with Crippen molar-refractivity contribution in [1.29, 1.82) is 0 Å². The molecule has 0 radical (unpaired) electrons. The van der Waals surface area contributed by atoms with Crippen molar-refractivity contribution in [2.24, 2.45) is 0 Å². The second-order valence-corrected chi connectivity index (χ2v) is 6.84. The number of nitrogens with zero attached hydrogens (tertiary/aromatic N) is 2. The fourth-order valence-corrected chi connectivity index (χ4v) is 3.89. The van der Waals surface area contributed by atoms with E-state index >= 15 is 0 Å². The Morgan fingerprint density at radius 1 is 1.46 bits per heavy atom. The van der Waals surface area contributed by atoms with E-state index in [2.05, 4.69) is 15.7 Å². The van der Waals surface area contributed by atoms with Crippen LogP contribution in [0.4, 0.5) is 5.82 Å². The number of hydrogen-bond acceptors (Lipinski definition) is 5. The number of amides is 2. The number of rotatable bonds is 6. The minimum absolute atomic E-state index is 0.0931. The Morgan fingerprint density at radius 2 is 2.33 bits per heavy atom. The van der Waals surface area contributed by atoms with Crippen LogP contribution in [-0.4, -0.2) is 40.9 Å². The Hall–Kier alpha value is -1.80. The summed E-state index contributed by atoms with van der Waals surface area (Å²) in [5, 5.41) is 10.2. The first-order valence-corrected chi connectivity index (χ1v) is 9.31. The summed E-state index contributed by atoms with van der Waals surface area (Å²) < 4.78 is 7.10. The fourth-order valence-electron chi connectivity index (χ4n) is 2.85. The first-order chi connectivity index (χ1) is 11.7. The fraction of sp³-hybridized carbons (Fsp3) is 0.562. The molecule has 0 aromatic carbocycles. The highest BCUT2D eigenvalue weighted by molar-refractivity contribution is 7.98. The normalized spacial score (nSPS) is 19.6. The van der Waals surface area contributed by atoms with Crippen LogP contribution < -0.4 is 10.6 Å². The van der Waals surface area contributed by atoms with Gasteiger partial charge in [0.15, 0.2) is 0 Å². The zero-order valence-electron chi connectivity index (χ0n) is 13.7. The molecule has 1 saturated heterocycles. The van der Waals surface area contributed by atoms with E-state index in [-0.39, 0.29) is 24.5 Å². The average molecular weight is 350 g/mol. The molecule has 24 heavy (non-hydrogen) atoms. The van der Waals surface area contributed by atoms with E-state index < -0.39 is 0 Å². The molecule has 0 spiro atoms. The Morgan fingerprint density at radius 3 is 3.08 bits per heavy atom. The number of hydrogen-bond donors (Lipinski definition) is 2. The first kappa shape index (κ1) is 17.0. The molecular formula is C16H22N4O3S. The van der Waals surface area contributed by atoms with Crippen LogP contribution in [0, 0.1) is 0 Å². The van der Waals surface area contributed by atoms with Crippen LogP contribution in [0.2, 0.25) is 0 Å². The Bertz CT molecular complexity index is 650. The van der Waals surface area contributed by atoms with Gasteiger partial charge in [-0.25, -0.2) is 4.68 Å². The third-order valence-corrected chi connectivity index (χ3v) is 4.99. The summed E-state index contributed by atoms with van der Waals surface area (Å²) in [6.07, 6.45) is 5.29. The maximum absolute atomic E-state index is 12.2. The van der Waals surface area contributed by atoms with Crippen LogP contribution in [0.5, 0.6) is 0 Å². The molecular weight excluding hydrogens is 328 g/mol. The molecule has 130 valence electrons. The Kier molecular flexibility index (Phi) is 5.57. The van der Waals surface area contributed by atoms with Crippen molar-refractivity contribution >= 4 is 29.4 Å². The second-order valence-electron chi connectivity index (χ2n) is 5.85. The maximum atomic E-state index is 12.2. The van der Waals surface area contributed by atoms with Gasteiger partial charge >= 0.3 is 0 Å². The van der Waals surface area contributed by atoms with Crippen LogP contribution in [0.15, 0.2) is 12.2 Å². The van der Waals surface area contributed by atoms with Crippen LogP contribution in [0.3, 0.4) is 0 Å². The number of ether oxygens (including phenoxy) is 1. The van der Waals surface area contributed by atoms with E-state index in [1.807, 2.05) is 0 Å². The molecule has 1 aromatic heterocycles. The number of carbonyl (C=O) groups excluding carboxylic acids is 2. The van der Waals surface area contributed by atoms with Crippen LogP contribution in [0.25, 0.3) is 0 Å². The third kappa shape index (κ3) is 3.99. The predicted molar refractivity (Wildman–Crippen MR) is 92.7 cm³/mol. The van der Waals surface area contributed by atoms with Crippen LogP contribution >= 0.6 is 11.8 Å². The summed E-state index contributed by atoms with van der Waals surface area (Å²) in [7, 11) is 0. The maximum Gasteiger partial charge on any atom is 0.249 e. The SMILES string of the molecule is C/C=C\C(=O)Nc1c2c(nn1CC(=O)NCC1CCCO1)CSC2. The molecule has 2 N–H and O–H groups in total. The number of carbonyl (C=O) groups is 2. The van der Waals surface area contributed by atoms with Gasteiger partial charge in [-0.15, -0.1) is 0 Å². The van der Waals surface area contributed by atoms with Crippen molar-refractivity contribution < 1.29 is 14.3 Å². The van der Waals surface area contributed by atoms with E-state index in [0.29, 0.717) is 12.4 Å². The molecule has 2 aliphatic heterocycles. The Balaban J connectivity index is 1.65. The van der Waals surface area contributed by atoms with Gasteiger partial charge in [0, 0.05) is 30.2 Å². The molecule has 3 rings (SSSR count). The quantitative estimate of drug-likeness (QED) is 0.759. The average Bonchev–Trinajstić information content (AvgIpc) is 3.26. The van der Waals surface area contributed by atoms with Gasteiger partial charge in [-0.1, -0.05) is 6.08 Å². The van der Waals surface area contributed by atoms with Gasteiger partial charge in [0.25, 0.3) is 0 Å². The summed E-state index contributed by atoms with van der Waals surface area (Å²) in [4.78, 5) is 24.1. The lowest BCUT2D eigenvalue weighted by atomic mass is 10.2. The largest absolute Gasteiger partial charge is 0.376 e. The summed E-state index contributed by atoms with van der Waals surface area (Å²) in [6.45, 7) is 3.17. The van der Waals surface area contributed by atoms with Gasteiger partial charge < -0.3 is 15.4 Å². The Labute approximate surface area is 145 Å². The number of aromatic nitrogens is 2. The van der Waals surface area contributed by atoms with Gasteiger partial charge in [-0.05, 0) is 25.8 Å². The van der Waals surface area contributed by atoms with E-state index in [0.717, 1.165) is 42.2 Å². The number of anilines is 1. The monoisotopic (exact) mass is 350 g/mol. The number of fused-ring (bicyclic) bond motifs is 1. The van der Waals surface area contributed by atoms with Crippen molar-refractivity contribution in [2.45, 2.75) is 43.9 Å². The van der Waals surface area contributed by atoms with Gasteiger partial charge in [0.2, 0.25) is 11.8 Å². The molecule has 1 unspecified atom stereocenters. The molecule has 2 aliphatic rings. The van der Waals surface area contributed by atoms with Gasteiger partial charge in [-0.2, -0.15) is 16.9 Å².